The van der Waals surface area contributed by atoms with Gasteiger partial charge >= 0.3 is 0 Å². The van der Waals surface area contributed by atoms with Crippen LogP contribution in [0.2, 0.25) is 0 Å². The monoisotopic (exact) mass is 518 g/mol. The van der Waals surface area contributed by atoms with Gasteiger partial charge in [0.1, 0.15) is 0 Å². The number of aromatic nitrogens is 3. The summed E-state index contributed by atoms with van der Waals surface area (Å²) in [7, 11) is 1.99. The number of carbonyl (C=O) groups excluding carboxylic acids is 1. The third-order valence-electron chi connectivity index (χ3n) is 6.50. The SMILES string of the molecule is C.Cc1ccc(CN2CC[C@H](Nc3nc(Nc4cc(C(N)=O)ccc4C)nc(N(C)CC(C)C)n3)C2)cc1. The molecule has 4 rings (SSSR count). The van der Waals surface area contributed by atoms with Gasteiger partial charge in [0.05, 0.1) is 0 Å². The molecule has 1 aromatic heterocycles. The van der Waals surface area contributed by atoms with Gasteiger partial charge in [-0.1, -0.05) is 57.2 Å². The van der Waals surface area contributed by atoms with Gasteiger partial charge in [0.15, 0.2) is 0 Å². The number of anilines is 4. The van der Waals surface area contributed by atoms with Crippen molar-refractivity contribution < 1.29 is 4.79 Å². The molecule has 2 aromatic carbocycles. The van der Waals surface area contributed by atoms with E-state index in [0.717, 1.165) is 43.9 Å². The second-order valence-electron chi connectivity index (χ2n) is 10.4. The summed E-state index contributed by atoms with van der Waals surface area (Å²) >= 11 is 0. The van der Waals surface area contributed by atoms with E-state index in [2.05, 4.69) is 70.5 Å². The van der Waals surface area contributed by atoms with Crippen molar-refractivity contribution >= 4 is 29.4 Å². The Morgan fingerprint density at radius 2 is 1.82 bits per heavy atom. The van der Waals surface area contributed by atoms with Crippen LogP contribution in [0.5, 0.6) is 0 Å². The Morgan fingerprint density at radius 1 is 1.11 bits per heavy atom. The maximum absolute atomic E-state index is 11.7. The van der Waals surface area contributed by atoms with Crippen LogP contribution in [-0.2, 0) is 6.54 Å². The molecule has 38 heavy (non-hydrogen) atoms. The fourth-order valence-corrected chi connectivity index (χ4v) is 4.54. The first-order valence-electron chi connectivity index (χ1n) is 12.9. The molecule has 9 nitrogen and oxygen atoms in total. The van der Waals surface area contributed by atoms with E-state index in [0.29, 0.717) is 29.3 Å². The summed E-state index contributed by atoms with van der Waals surface area (Å²) in [5, 5.41) is 6.82. The van der Waals surface area contributed by atoms with Crippen LogP contribution in [0.4, 0.5) is 23.5 Å². The minimum absolute atomic E-state index is 0. The van der Waals surface area contributed by atoms with E-state index >= 15 is 0 Å². The fourth-order valence-electron chi connectivity index (χ4n) is 4.54. The van der Waals surface area contributed by atoms with E-state index in [1.165, 1.54) is 11.1 Å². The van der Waals surface area contributed by atoms with Gasteiger partial charge in [0, 0.05) is 50.5 Å². The van der Waals surface area contributed by atoms with Crippen LogP contribution in [-0.4, -0.2) is 58.5 Å². The molecule has 204 valence electrons. The van der Waals surface area contributed by atoms with Crippen molar-refractivity contribution in [2.24, 2.45) is 11.7 Å². The first-order chi connectivity index (χ1) is 17.7. The lowest BCUT2D eigenvalue weighted by Crippen LogP contribution is -2.28. The van der Waals surface area contributed by atoms with Crippen LogP contribution < -0.4 is 21.3 Å². The molecule has 0 radical (unpaired) electrons. The number of primary amides is 1. The number of rotatable bonds is 10. The predicted octanol–water partition coefficient (Wildman–Crippen LogP) is 4.75. The maximum atomic E-state index is 11.7. The minimum atomic E-state index is -0.477. The van der Waals surface area contributed by atoms with Crippen LogP contribution in [0.3, 0.4) is 0 Å². The molecule has 0 aliphatic carbocycles. The van der Waals surface area contributed by atoms with Crippen molar-refractivity contribution in [1.29, 1.82) is 0 Å². The van der Waals surface area contributed by atoms with E-state index in [1.807, 2.05) is 24.9 Å². The Kier molecular flexibility index (Phi) is 9.63. The fraction of sp³-hybridized carbons (Fsp3) is 0.448. The Labute approximate surface area is 226 Å². The normalized spacial score (nSPS) is 15.3. The zero-order chi connectivity index (χ0) is 26.5. The van der Waals surface area contributed by atoms with Crippen molar-refractivity contribution in [3.05, 3.63) is 64.7 Å². The van der Waals surface area contributed by atoms with E-state index in [1.54, 1.807) is 12.1 Å². The molecule has 0 unspecified atom stereocenters. The van der Waals surface area contributed by atoms with Gasteiger partial charge < -0.3 is 21.3 Å². The first-order valence-corrected chi connectivity index (χ1v) is 12.9. The largest absolute Gasteiger partial charge is 0.366 e. The van der Waals surface area contributed by atoms with E-state index in [-0.39, 0.29) is 13.5 Å². The molecule has 1 atom stereocenters. The topological polar surface area (TPSA) is 112 Å². The van der Waals surface area contributed by atoms with Crippen molar-refractivity contribution in [2.45, 2.75) is 54.1 Å². The van der Waals surface area contributed by atoms with Crippen molar-refractivity contribution in [3.8, 4) is 0 Å². The predicted molar refractivity (Wildman–Crippen MR) is 156 cm³/mol. The molecule has 1 fully saturated rings. The van der Waals surface area contributed by atoms with Crippen molar-refractivity contribution in [1.82, 2.24) is 19.9 Å². The second kappa shape index (κ2) is 12.7. The molecular weight excluding hydrogens is 476 g/mol. The number of hydrogen-bond donors (Lipinski definition) is 3. The maximum Gasteiger partial charge on any atom is 0.248 e. The van der Waals surface area contributed by atoms with Gasteiger partial charge in [0.2, 0.25) is 23.8 Å². The molecule has 1 aliphatic heterocycles. The average molecular weight is 519 g/mol. The van der Waals surface area contributed by atoms with Gasteiger partial charge in [-0.15, -0.1) is 0 Å². The molecule has 0 spiro atoms. The summed E-state index contributed by atoms with van der Waals surface area (Å²) in [5.41, 5.74) is 10.2. The number of amides is 1. The molecule has 3 aromatic rings. The highest BCUT2D eigenvalue weighted by Gasteiger charge is 2.24. The van der Waals surface area contributed by atoms with E-state index in [9.17, 15) is 4.79 Å². The van der Waals surface area contributed by atoms with Crippen molar-refractivity contribution in [2.75, 3.05) is 42.2 Å². The summed E-state index contributed by atoms with van der Waals surface area (Å²) < 4.78 is 0. The highest BCUT2D eigenvalue weighted by molar-refractivity contribution is 5.94. The molecular formula is C29H42N8O. The second-order valence-corrected chi connectivity index (χ2v) is 10.4. The van der Waals surface area contributed by atoms with Gasteiger partial charge in [-0.3, -0.25) is 9.69 Å². The molecule has 9 heteroatoms. The van der Waals surface area contributed by atoms with Gasteiger partial charge in [-0.2, -0.15) is 15.0 Å². The number of carbonyl (C=O) groups is 1. The van der Waals surface area contributed by atoms with Crippen LogP contribution >= 0.6 is 0 Å². The molecule has 4 N–H and O–H groups in total. The quantitative estimate of drug-likeness (QED) is 0.353. The molecule has 2 heterocycles. The van der Waals surface area contributed by atoms with Gasteiger partial charge in [-0.05, 0) is 49.4 Å². The highest BCUT2D eigenvalue weighted by atomic mass is 16.1. The lowest BCUT2D eigenvalue weighted by molar-refractivity contribution is 0.100. The number of nitrogens with one attached hydrogen (secondary N) is 2. The Bertz CT molecular complexity index is 1230. The zero-order valence-corrected chi connectivity index (χ0v) is 22.5. The summed E-state index contributed by atoms with van der Waals surface area (Å²) in [6.45, 7) is 12.1. The zero-order valence-electron chi connectivity index (χ0n) is 22.5. The standard InChI is InChI=1S/C28H38N8O.CH4/c1-18(2)15-35(5)28-33-26(30-23-12-13-36(17-23)16-21-9-6-19(3)7-10-21)32-27(34-28)31-24-14-22(25(29)37)11-8-20(24)4;/h6-11,14,18,23H,12-13,15-17H2,1-5H3,(H2,29,37)(H2,30,31,32,33,34);1H4/t23-;/m0./s1. The number of likely N-dealkylation sites (tertiary alicyclic amines) is 1. The van der Waals surface area contributed by atoms with Crippen LogP contribution in [0, 0.1) is 19.8 Å². The number of nitrogens with zero attached hydrogens (tertiary/aromatic N) is 5. The number of hydrogen-bond acceptors (Lipinski definition) is 8. The van der Waals surface area contributed by atoms with Crippen molar-refractivity contribution in [3.63, 3.8) is 0 Å². The van der Waals surface area contributed by atoms with E-state index < -0.39 is 5.91 Å². The Hall–Kier alpha value is -3.72. The summed E-state index contributed by atoms with van der Waals surface area (Å²) in [4.78, 5) is 30.3. The summed E-state index contributed by atoms with van der Waals surface area (Å²) in [6, 6.07) is 14.3. The lowest BCUT2D eigenvalue weighted by atomic mass is 10.1. The number of nitrogens with two attached hydrogens (primary N) is 1. The smallest absolute Gasteiger partial charge is 0.248 e. The minimum Gasteiger partial charge on any atom is -0.366 e. The average Bonchev–Trinajstić information content (AvgIpc) is 3.27. The van der Waals surface area contributed by atoms with Gasteiger partial charge in [0.25, 0.3) is 0 Å². The molecule has 0 saturated carbocycles. The Balaban J connectivity index is 0.00000400. The van der Waals surface area contributed by atoms with Crippen LogP contribution in [0.1, 0.15) is 54.7 Å². The first kappa shape index (κ1) is 28.8. The molecule has 1 aliphatic rings. The molecule has 1 saturated heterocycles. The van der Waals surface area contributed by atoms with Crippen LogP contribution in [0.15, 0.2) is 42.5 Å². The van der Waals surface area contributed by atoms with Gasteiger partial charge in [-0.25, -0.2) is 0 Å². The third kappa shape index (κ3) is 7.64. The number of benzene rings is 2. The van der Waals surface area contributed by atoms with Crippen LogP contribution in [0.25, 0.3) is 0 Å². The third-order valence-corrected chi connectivity index (χ3v) is 6.50. The van der Waals surface area contributed by atoms with E-state index in [4.69, 9.17) is 10.7 Å². The highest BCUT2D eigenvalue weighted by Crippen LogP contribution is 2.23. The lowest BCUT2D eigenvalue weighted by Gasteiger charge is -2.22. The number of aryl methyl sites for hydroxylation is 2. The molecule has 1 amide bonds. The summed E-state index contributed by atoms with van der Waals surface area (Å²) in [6.07, 6.45) is 1.01. The molecule has 0 bridgehead atoms. The Morgan fingerprint density at radius 3 is 2.50 bits per heavy atom. The summed E-state index contributed by atoms with van der Waals surface area (Å²) in [5.74, 6) is 1.52.